The molecular weight excluding hydrogens is 361 g/mol. The number of hydrogen-bond acceptors (Lipinski definition) is 3. The van der Waals surface area contributed by atoms with Gasteiger partial charge in [-0.1, -0.05) is 30.2 Å². The number of halogens is 2. The minimum atomic E-state index is -0.00347. The highest BCUT2D eigenvalue weighted by molar-refractivity contribution is 6.30. The van der Waals surface area contributed by atoms with Crippen molar-refractivity contribution in [2.45, 2.75) is 38.6 Å². The van der Waals surface area contributed by atoms with Crippen LogP contribution >= 0.6 is 24.0 Å². The van der Waals surface area contributed by atoms with Gasteiger partial charge < -0.3 is 15.5 Å². The van der Waals surface area contributed by atoms with Gasteiger partial charge in [-0.05, 0) is 30.5 Å². The topological polar surface area (TPSA) is 61.4 Å². The lowest BCUT2D eigenvalue weighted by atomic mass is 10.0. The van der Waals surface area contributed by atoms with E-state index in [1.54, 1.807) is 0 Å². The quantitative estimate of drug-likeness (QED) is 0.706. The lowest BCUT2D eigenvalue weighted by Gasteiger charge is -2.36. The van der Waals surface area contributed by atoms with Crippen molar-refractivity contribution < 1.29 is 9.59 Å². The fourth-order valence-electron chi connectivity index (χ4n) is 3.00. The standard InChI is InChI=1S/C18H26ClN3O2.ClH/c1-14(23)21-9-4-2-3-8-18(24)22-11-10-20-13-17(22)15-6-5-7-16(19)12-15;/h5-7,12,17,20H,2-4,8-11,13H2,1H3,(H,21,23);1H. The van der Waals surface area contributed by atoms with Gasteiger partial charge in [0.05, 0.1) is 6.04 Å². The first-order valence-electron chi connectivity index (χ1n) is 8.58. The van der Waals surface area contributed by atoms with E-state index in [2.05, 4.69) is 10.6 Å². The van der Waals surface area contributed by atoms with Gasteiger partial charge in [-0.15, -0.1) is 12.4 Å². The molecule has 0 aromatic heterocycles. The van der Waals surface area contributed by atoms with Crippen molar-refractivity contribution in [3.63, 3.8) is 0 Å². The van der Waals surface area contributed by atoms with Gasteiger partial charge in [0, 0.05) is 44.5 Å². The molecule has 0 aliphatic carbocycles. The summed E-state index contributed by atoms with van der Waals surface area (Å²) >= 11 is 6.09. The van der Waals surface area contributed by atoms with Crippen molar-refractivity contribution in [2.75, 3.05) is 26.2 Å². The first-order chi connectivity index (χ1) is 11.6. The maximum atomic E-state index is 12.6. The second kappa shape index (κ2) is 11.3. The van der Waals surface area contributed by atoms with E-state index in [1.807, 2.05) is 29.2 Å². The van der Waals surface area contributed by atoms with E-state index in [1.165, 1.54) is 6.92 Å². The molecule has 2 rings (SSSR count). The molecular formula is C18H27Cl2N3O2. The molecule has 2 amide bonds. The zero-order chi connectivity index (χ0) is 17.4. The van der Waals surface area contributed by atoms with Crippen LogP contribution in [-0.4, -0.2) is 42.9 Å². The Morgan fingerprint density at radius 2 is 2.12 bits per heavy atom. The Balaban J connectivity index is 0.00000312. The van der Waals surface area contributed by atoms with Gasteiger partial charge in [0.1, 0.15) is 0 Å². The summed E-state index contributed by atoms with van der Waals surface area (Å²) in [4.78, 5) is 25.4. The van der Waals surface area contributed by atoms with Gasteiger partial charge >= 0.3 is 0 Å². The van der Waals surface area contributed by atoms with E-state index in [4.69, 9.17) is 11.6 Å². The Morgan fingerprint density at radius 1 is 1.32 bits per heavy atom. The van der Waals surface area contributed by atoms with Gasteiger partial charge in [0.15, 0.2) is 0 Å². The Morgan fingerprint density at radius 3 is 2.84 bits per heavy atom. The maximum Gasteiger partial charge on any atom is 0.223 e. The molecule has 2 N–H and O–H groups in total. The van der Waals surface area contributed by atoms with Crippen LogP contribution in [0.25, 0.3) is 0 Å². The molecule has 7 heteroatoms. The average molecular weight is 388 g/mol. The first kappa shape index (κ1) is 21.7. The molecule has 1 unspecified atom stereocenters. The molecule has 0 bridgehead atoms. The van der Waals surface area contributed by atoms with E-state index in [0.717, 1.165) is 44.5 Å². The summed E-state index contributed by atoms with van der Waals surface area (Å²) in [5, 5.41) is 6.83. The van der Waals surface area contributed by atoms with Crippen LogP contribution in [0.2, 0.25) is 5.02 Å². The average Bonchev–Trinajstić information content (AvgIpc) is 2.57. The number of piperazine rings is 1. The summed E-state index contributed by atoms with van der Waals surface area (Å²) in [6, 6.07) is 7.79. The lowest BCUT2D eigenvalue weighted by molar-refractivity contribution is -0.134. The van der Waals surface area contributed by atoms with Crippen LogP contribution in [-0.2, 0) is 9.59 Å². The second-order valence-electron chi connectivity index (χ2n) is 6.16. The smallest absolute Gasteiger partial charge is 0.223 e. The van der Waals surface area contributed by atoms with Crippen molar-refractivity contribution in [3.05, 3.63) is 34.9 Å². The molecule has 1 atom stereocenters. The fraction of sp³-hybridized carbons (Fsp3) is 0.556. The summed E-state index contributed by atoms with van der Waals surface area (Å²) in [5.41, 5.74) is 1.08. The molecule has 1 aromatic carbocycles. The highest BCUT2D eigenvalue weighted by Crippen LogP contribution is 2.25. The number of carbonyl (C=O) groups is 2. The molecule has 1 aliphatic rings. The molecule has 140 valence electrons. The predicted octanol–water partition coefficient (Wildman–Crippen LogP) is 2.93. The number of carbonyl (C=O) groups excluding carboxylic acids is 2. The van der Waals surface area contributed by atoms with Crippen LogP contribution in [0.1, 0.15) is 44.2 Å². The van der Waals surface area contributed by atoms with Gasteiger partial charge in [0.25, 0.3) is 0 Å². The monoisotopic (exact) mass is 387 g/mol. The van der Waals surface area contributed by atoms with Crippen LogP contribution in [0, 0.1) is 0 Å². The molecule has 25 heavy (non-hydrogen) atoms. The van der Waals surface area contributed by atoms with Crippen LogP contribution in [0.5, 0.6) is 0 Å². The number of hydrogen-bond donors (Lipinski definition) is 2. The Kier molecular flexibility index (Phi) is 9.86. The van der Waals surface area contributed by atoms with E-state index < -0.39 is 0 Å². The van der Waals surface area contributed by atoms with Gasteiger partial charge in [-0.2, -0.15) is 0 Å². The first-order valence-corrected chi connectivity index (χ1v) is 8.96. The molecule has 1 saturated heterocycles. The zero-order valence-electron chi connectivity index (χ0n) is 14.6. The molecule has 0 spiro atoms. The highest BCUT2D eigenvalue weighted by atomic mass is 35.5. The largest absolute Gasteiger partial charge is 0.356 e. The molecule has 1 aliphatic heterocycles. The van der Waals surface area contributed by atoms with Gasteiger partial charge in [-0.3, -0.25) is 9.59 Å². The minimum absolute atomic E-state index is 0. The number of rotatable bonds is 7. The molecule has 0 radical (unpaired) electrons. The Labute approximate surface area is 160 Å². The third-order valence-electron chi connectivity index (χ3n) is 4.24. The van der Waals surface area contributed by atoms with Crippen molar-refractivity contribution in [3.8, 4) is 0 Å². The van der Waals surface area contributed by atoms with E-state index in [0.29, 0.717) is 18.0 Å². The molecule has 0 saturated carbocycles. The van der Waals surface area contributed by atoms with E-state index in [-0.39, 0.29) is 30.3 Å². The number of unbranched alkanes of at least 4 members (excludes halogenated alkanes) is 2. The highest BCUT2D eigenvalue weighted by Gasteiger charge is 2.27. The summed E-state index contributed by atoms with van der Waals surface area (Å²) < 4.78 is 0. The predicted molar refractivity (Wildman–Crippen MR) is 103 cm³/mol. The van der Waals surface area contributed by atoms with Crippen LogP contribution < -0.4 is 10.6 Å². The zero-order valence-corrected chi connectivity index (χ0v) is 16.2. The number of benzene rings is 1. The SMILES string of the molecule is CC(=O)NCCCCCC(=O)N1CCNCC1c1cccc(Cl)c1.Cl. The van der Waals surface area contributed by atoms with Gasteiger partial charge in [0.2, 0.25) is 11.8 Å². The summed E-state index contributed by atoms with van der Waals surface area (Å²) in [6.45, 7) is 4.51. The maximum absolute atomic E-state index is 12.6. The number of nitrogens with one attached hydrogen (secondary N) is 2. The lowest BCUT2D eigenvalue weighted by Crippen LogP contribution is -2.48. The van der Waals surface area contributed by atoms with Crippen LogP contribution in [0.15, 0.2) is 24.3 Å². The third-order valence-corrected chi connectivity index (χ3v) is 4.47. The molecule has 1 heterocycles. The van der Waals surface area contributed by atoms with Crippen molar-refractivity contribution in [1.29, 1.82) is 0 Å². The fourth-order valence-corrected chi connectivity index (χ4v) is 3.20. The number of nitrogens with zero attached hydrogens (tertiary/aromatic N) is 1. The Bertz CT molecular complexity index is 569. The minimum Gasteiger partial charge on any atom is -0.356 e. The summed E-state index contributed by atoms with van der Waals surface area (Å²) in [6.07, 6.45) is 3.26. The number of amides is 2. The van der Waals surface area contributed by atoms with Crippen molar-refractivity contribution in [1.82, 2.24) is 15.5 Å². The Hall–Kier alpha value is -1.30. The van der Waals surface area contributed by atoms with Crippen LogP contribution in [0.4, 0.5) is 0 Å². The normalized spacial score (nSPS) is 16.9. The third kappa shape index (κ3) is 7.22. The molecule has 1 fully saturated rings. The second-order valence-corrected chi connectivity index (χ2v) is 6.59. The molecule has 5 nitrogen and oxygen atoms in total. The van der Waals surface area contributed by atoms with Crippen molar-refractivity contribution in [2.24, 2.45) is 0 Å². The van der Waals surface area contributed by atoms with Gasteiger partial charge in [-0.25, -0.2) is 0 Å². The van der Waals surface area contributed by atoms with Crippen molar-refractivity contribution >= 4 is 35.8 Å². The van der Waals surface area contributed by atoms with E-state index in [9.17, 15) is 9.59 Å². The van der Waals surface area contributed by atoms with Crippen LogP contribution in [0.3, 0.4) is 0 Å². The molecule has 1 aromatic rings. The summed E-state index contributed by atoms with van der Waals surface area (Å²) in [7, 11) is 0. The summed E-state index contributed by atoms with van der Waals surface area (Å²) in [5.74, 6) is 0.192. The van der Waals surface area contributed by atoms with E-state index >= 15 is 0 Å².